The van der Waals surface area contributed by atoms with E-state index in [1.165, 1.54) is 12.1 Å². The van der Waals surface area contributed by atoms with Gasteiger partial charge in [-0.2, -0.15) is 0 Å². The molecule has 1 aliphatic rings. The highest BCUT2D eigenvalue weighted by molar-refractivity contribution is 5.73. The van der Waals surface area contributed by atoms with Crippen molar-refractivity contribution in [3.8, 4) is 11.1 Å². The van der Waals surface area contributed by atoms with Crippen molar-refractivity contribution in [3.05, 3.63) is 42.0 Å². The number of ether oxygens (including phenoxy) is 1. The van der Waals surface area contributed by atoms with Crippen LogP contribution in [-0.4, -0.2) is 54.6 Å². The fraction of sp³-hybridized carbons (Fsp3) is 0.389. The van der Waals surface area contributed by atoms with E-state index < -0.39 is 0 Å². The zero-order chi connectivity index (χ0) is 18.0. The zero-order valence-corrected chi connectivity index (χ0v) is 14.6. The van der Waals surface area contributed by atoms with Crippen molar-refractivity contribution in [2.45, 2.75) is 13.0 Å². The molecule has 0 radical (unpaired) electrons. The van der Waals surface area contributed by atoms with Crippen molar-refractivity contribution in [1.82, 2.24) is 14.9 Å². The van der Waals surface area contributed by atoms with E-state index in [4.69, 9.17) is 4.74 Å². The number of hydrogen-bond donors (Lipinski definition) is 0. The smallest absolute Gasteiger partial charge is 0.225 e. The summed E-state index contributed by atoms with van der Waals surface area (Å²) < 4.78 is 19.5. The van der Waals surface area contributed by atoms with Crippen LogP contribution in [0.25, 0.3) is 11.1 Å². The van der Waals surface area contributed by atoms with Crippen molar-refractivity contribution >= 4 is 11.9 Å². The molecule has 1 amide bonds. The maximum Gasteiger partial charge on any atom is 0.225 e. The van der Waals surface area contributed by atoms with E-state index >= 15 is 0 Å². The fourth-order valence-electron chi connectivity index (χ4n) is 2.83. The number of halogens is 1. The molecule has 1 aromatic heterocycles. The highest BCUT2D eigenvalue weighted by Gasteiger charge is 2.28. The maximum absolute atomic E-state index is 13.7. The molecular weight excluding hydrogens is 323 g/mol. The molecule has 2 heterocycles. The first-order valence-corrected chi connectivity index (χ1v) is 8.13. The highest BCUT2D eigenvalue weighted by atomic mass is 19.1. The lowest BCUT2D eigenvalue weighted by Gasteiger charge is -2.33. The van der Waals surface area contributed by atoms with E-state index in [0.29, 0.717) is 42.5 Å². The number of hydrogen-bond acceptors (Lipinski definition) is 5. The topological polar surface area (TPSA) is 58.6 Å². The number of benzene rings is 1. The Morgan fingerprint density at radius 2 is 2.20 bits per heavy atom. The van der Waals surface area contributed by atoms with Gasteiger partial charge in [0.2, 0.25) is 11.9 Å². The number of rotatable bonds is 3. The molecule has 6 nitrogen and oxygen atoms in total. The van der Waals surface area contributed by atoms with Gasteiger partial charge in [0.05, 0.1) is 18.8 Å². The molecule has 0 bridgehead atoms. The average molecular weight is 344 g/mol. The summed E-state index contributed by atoms with van der Waals surface area (Å²) in [5.41, 5.74) is 2.06. The summed E-state index contributed by atoms with van der Waals surface area (Å²) in [6, 6.07) is 6.31. The minimum atomic E-state index is -0.377. The third kappa shape index (κ3) is 3.76. The first-order valence-electron chi connectivity index (χ1n) is 8.13. The lowest BCUT2D eigenvalue weighted by atomic mass is 10.0. The Morgan fingerprint density at radius 1 is 1.40 bits per heavy atom. The zero-order valence-electron chi connectivity index (χ0n) is 14.6. The third-order valence-corrected chi connectivity index (χ3v) is 4.16. The molecule has 1 atom stereocenters. The summed E-state index contributed by atoms with van der Waals surface area (Å²) in [6.45, 7) is 2.96. The van der Waals surface area contributed by atoms with Gasteiger partial charge >= 0.3 is 0 Å². The number of anilines is 1. The van der Waals surface area contributed by atoms with Gasteiger partial charge < -0.3 is 14.5 Å². The van der Waals surface area contributed by atoms with Crippen molar-refractivity contribution < 1.29 is 13.9 Å². The van der Waals surface area contributed by atoms with E-state index in [-0.39, 0.29) is 17.8 Å². The van der Waals surface area contributed by atoms with Gasteiger partial charge in [-0.25, -0.2) is 14.4 Å². The first kappa shape index (κ1) is 17.3. The number of amides is 1. The minimum Gasteiger partial charge on any atom is -0.368 e. The van der Waals surface area contributed by atoms with E-state index in [1.807, 2.05) is 20.2 Å². The van der Waals surface area contributed by atoms with Crippen LogP contribution in [0.3, 0.4) is 0 Å². The molecule has 1 aromatic carbocycles. The molecule has 2 aromatic rings. The van der Waals surface area contributed by atoms with Gasteiger partial charge in [-0.05, 0) is 17.7 Å². The lowest BCUT2D eigenvalue weighted by molar-refractivity contribution is -0.136. The molecule has 0 aliphatic carbocycles. The molecule has 1 fully saturated rings. The Bertz CT molecular complexity index is 781. The molecule has 1 aliphatic heterocycles. The summed E-state index contributed by atoms with van der Waals surface area (Å²) in [6.07, 6.45) is 1.31. The second-order valence-corrected chi connectivity index (χ2v) is 6.20. The quantitative estimate of drug-likeness (QED) is 0.855. The lowest BCUT2D eigenvalue weighted by Crippen LogP contribution is -2.41. The number of morpholine rings is 1. The average Bonchev–Trinajstić information content (AvgIpc) is 2.61. The number of aromatic nitrogens is 2. The van der Waals surface area contributed by atoms with Crippen LogP contribution in [0.2, 0.25) is 0 Å². The standard InChI is InChI=1S/C18H21FN4O2/c1-12(24)23-7-8-25-16(11-23)17-15(10-20-18(21-17)22(2)3)13-5-4-6-14(19)9-13/h4-6,9-10,16H,7-8,11H2,1-3H3/t16-/m1/s1. The van der Waals surface area contributed by atoms with Crippen molar-refractivity contribution in [2.24, 2.45) is 0 Å². The third-order valence-electron chi connectivity index (χ3n) is 4.16. The largest absolute Gasteiger partial charge is 0.368 e. The van der Waals surface area contributed by atoms with E-state index in [9.17, 15) is 9.18 Å². The monoisotopic (exact) mass is 344 g/mol. The molecule has 132 valence electrons. The molecule has 0 unspecified atom stereocenters. The van der Waals surface area contributed by atoms with Crippen molar-refractivity contribution in [3.63, 3.8) is 0 Å². The number of carbonyl (C=O) groups excluding carboxylic acids is 1. The van der Waals surface area contributed by atoms with Crippen LogP contribution < -0.4 is 4.90 Å². The Labute approximate surface area is 146 Å². The molecule has 0 N–H and O–H groups in total. The van der Waals surface area contributed by atoms with Crippen LogP contribution in [0.15, 0.2) is 30.5 Å². The molecule has 25 heavy (non-hydrogen) atoms. The Morgan fingerprint density at radius 3 is 2.88 bits per heavy atom. The fourth-order valence-corrected chi connectivity index (χ4v) is 2.83. The van der Waals surface area contributed by atoms with Crippen LogP contribution in [-0.2, 0) is 9.53 Å². The predicted octanol–water partition coefficient (Wildman–Crippen LogP) is 2.27. The molecule has 1 saturated heterocycles. The van der Waals surface area contributed by atoms with Gasteiger partial charge in [0.15, 0.2) is 0 Å². The summed E-state index contributed by atoms with van der Waals surface area (Å²) in [5, 5.41) is 0. The minimum absolute atomic E-state index is 0.00231. The molecule has 3 rings (SSSR count). The van der Waals surface area contributed by atoms with Gasteiger partial charge in [0, 0.05) is 39.3 Å². The van der Waals surface area contributed by atoms with Gasteiger partial charge in [-0.15, -0.1) is 0 Å². The molecule has 0 spiro atoms. The van der Waals surface area contributed by atoms with Crippen LogP contribution in [0.5, 0.6) is 0 Å². The van der Waals surface area contributed by atoms with Crippen LogP contribution in [0.1, 0.15) is 18.7 Å². The second-order valence-electron chi connectivity index (χ2n) is 6.20. The summed E-state index contributed by atoms with van der Waals surface area (Å²) in [5.74, 6) is 0.219. The highest BCUT2D eigenvalue weighted by Crippen LogP contribution is 2.31. The normalized spacial score (nSPS) is 17.4. The van der Waals surface area contributed by atoms with Crippen LogP contribution >= 0.6 is 0 Å². The number of nitrogens with zero attached hydrogens (tertiary/aromatic N) is 4. The SMILES string of the molecule is CC(=O)N1CCO[C@@H](c2nc(N(C)C)ncc2-c2cccc(F)c2)C1. The summed E-state index contributed by atoms with van der Waals surface area (Å²) in [7, 11) is 3.70. The summed E-state index contributed by atoms with van der Waals surface area (Å²) in [4.78, 5) is 24.2. The van der Waals surface area contributed by atoms with Crippen LogP contribution in [0, 0.1) is 5.82 Å². The Kier molecular flexibility index (Phi) is 4.94. The van der Waals surface area contributed by atoms with Crippen molar-refractivity contribution in [1.29, 1.82) is 0 Å². The van der Waals surface area contributed by atoms with Gasteiger partial charge in [0.25, 0.3) is 0 Å². The van der Waals surface area contributed by atoms with E-state index in [0.717, 1.165) is 0 Å². The van der Waals surface area contributed by atoms with Gasteiger partial charge in [-0.3, -0.25) is 4.79 Å². The van der Waals surface area contributed by atoms with Crippen LogP contribution in [0.4, 0.5) is 10.3 Å². The maximum atomic E-state index is 13.7. The predicted molar refractivity (Wildman–Crippen MR) is 92.7 cm³/mol. The van der Waals surface area contributed by atoms with Gasteiger partial charge in [0.1, 0.15) is 11.9 Å². The molecule has 0 saturated carbocycles. The number of carbonyl (C=O) groups is 1. The molecule has 7 heteroatoms. The Balaban J connectivity index is 2.05. The van der Waals surface area contributed by atoms with E-state index in [1.54, 1.807) is 29.0 Å². The second kappa shape index (κ2) is 7.14. The van der Waals surface area contributed by atoms with Crippen molar-refractivity contribution in [2.75, 3.05) is 38.7 Å². The summed E-state index contributed by atoms with van der Waals surface area (Å²) >= 11 is 0. The Hall–Kier alpha value is -2.54. The van der Waals surface area contributed by atoms with E-state index in [2.05, 4.69) is 9.97 Å². The first-order chi connectivity index (χ1) is 12.0. The molecular formula is C18H21FN4O2. The van der Waals surface area contributed by atoms with Gasteiger partial charge in [-0.1, -0.05) is 12.1 Å².